The smallest absolute Gasteiger partial charge is 0.223 e. The quantitative estimate of drug-likeness (QED) is 0.586. The molecule has 1 saturated carbocycles. The zero-order chi connectivity index (χ0) is 19.4. The standard InChI is InChI=1S/C22H30N2O3/c1-22-10-6-5-9-17(22)13-19(26)20(22)24-21(27)16(12-18(25)14-23)11-15-7-3-2-4-8-15/h2-10,16-20,25-26H,11-14,23H2,1H3,(H,24,27)/t16-,17?,18+,19-,20-,22?/m1/s1. The third-order valence-electron chi connectivity index (χ3n) is 6.08. The first kappa shape index (κ1) is 19.8. The number of allylic oxidation sites excluding steroid dienone is 3. The second-order valence-corrected chi connectivity index (χ2v) is 8.02. The molecule has 1 fully saturated rings. The molecule has 0 spiro atoms. The van der Waals surface area contributed by atoms with Gasteiger partial charge in [0.15, 0.2) is 0 Å². The summed E-state index contributed by atoms with van der Waals surface area (Å²) in [5.74, 6) is -0.325. The van der Waals surface area contributed by atoms with Gasteiger partial charge >= 0.3 is 0 Å². The lowest BCUT2D eigenvalue weighted by Gasteiger charge is -2.36. The van der Waals surface area contributed by atoms with Crippen LogP contribution in [0.4, 0.5) is 0 Å². The molecule has 5 N–H and O–H groups in total. The number of fused-ring (bicyclic) bond motifs is 1. The molecule has 2 aliphatic rings. The first-order chi connectivity index (χ1) is 12.9. The molecule has 3 rings (SSSR count). The van der Waals surface area contributed by atoms with Crippen molar-refractivity contribution in [3.8, 4) is 0 Å². The van der Waals surface area contributed by atoms with Gasteiger partial charge in [0, 0.05) is 17.9 Å². The Bertz CT molecular complexity index is 703. The van der Waals surface area contributed by atoms with Crippen molar-refractivity contribution in [2.45, 2.75) is 44.4 Å². The van der Waals surface area contributed by atoms with Crippen LogP contribution in [0.2, 0.25) is 0 Å². The Labute approximate surface area is 161 Å². The second-order valence-electron chi connectivity index (χ2n) is 8.02. The summed E-state index contributed by atoms with van der Waals surface area (Å²) in [5.41, 5.74) is 6.31. The van der Waals surface area contributed by atoms with Crippen molar-refractivity contribution in [3.63, 3.8) is 0 Å². The number of nitrogens with two attached hydrogens (primary N) is 1. The zero-order valence-corrected chi connectivity index (χ0v) is 15.8. The molecule has 0 bridgehead atoms. The van der Waals surface area contributed by atoms with Crippen LogP contribution in [0.1, 0.15) is 25.3 Å². The fourth-order valence-corrected chi connectivity index (χ4v) is 4.40. The number of aliphatic hydroxyl groups excluding tert-OH is 2. The van der Waals surface area contributed by atoms with E-state index in [2.05, 4.69) is 24.4 Å². The van der Waals surface area contributed by atoms with Crippen molar-refractivity contribution in [2.24, 2.45) is 23.0 Å². The Hall–Kier alpha value is -1.95. The maximum atomic E-state index is 13.1. The highest BCUT2D eigenvalue weighted by Crippen LogP contribution is 2.47. The maximum Gasteiger partial charge on any atom is 0.223 e. The number of carbonyl (C=O) groups excluding carboxylic acids is 1. The molecule has 1 aromatic rings. The summed E-state index contributed by atoms with van der Waals surface area (Å²) >= 11 is 0. The van der Waals surface area contributed by atoms with Crippen molar-refractivity contribution >= 4 is 5.91 Å². The number of nitrogens with one attached hydrogen (secondary N) is 1. The molecule has 0 aliphatic heterocycles. The van der Waals surface area contributed by atoms with Gasteiger partial charge in [0.2, 0.25) is 5.91 Å². The van der Waals surface area contributed by atoms with Crippen molar-refractivity contribution in [3.05, 3.63) is 60.2 Å². The molecule has 5 heteroatoms. The molecular weight excluding hydrogens is 340 g/mol. The maximum absolute atomic E-state index is 13.1. The van der Waals surface area contributed by atoms with E-state index >= 15 is 0 Å². The second kappa shape index (κ2) is 8.38. The SMILES string of the molecule is CC12C=CC=CC1C[C@@H](O)[C@H]2NC(=O)[C@H](Cc1ccccc1)C[C@H](O)CN. The Morgan fingerprint density at radius 3 is 2.78 bits per heavy atom. The molecule has 0 saturated heterocycles. The van der Waals surface area contributed by atoms with E-state index in [4.69, 9.17) is 5.73 Å². The van der Waals surface area contributed by atoms with E-state index in [1.807, 2.05) is 42.5 Å². The summed E-state index contributed by atoms with van der Waals surface area (Å²) in [6, 6.07) is 9.43. The predicted octanol–water partition coefficient (Wildman–Crippen LogP) is 1.55. The molecular formula is C22H30N2O3. The third kappa shape index (κ3) is 4.32. The first-order valence-electron chi connectivity index (χ1n) is 9.70. The third-order valence-corrected chi connectivity index (χ3v) is 6.08. The number of benzene rings is 1. The van der Waals surface area contributed by atoms with Gasteiger partial charge in [0.1, 0.15) is 0 Å². The lowest BCUT2D eigenvalue weighted by molar-refractivity contribution is -0.128. The van der Waals surface area contributed by atoms with Crippen molar-refractivity contribution in [2.75, 3.05) is 6.54 Å². The number of carbonyl (C=O) groups is 1. The molecule has 0 heterocycles. The summed E-state index contributed by atoms with van der Waals surface area (Å²) < 4.78 is 0. The highest BCUT2D eigenvalue weighted by molar-refractivity contribution is 5.79. The minimum absolute atomic E-state index is 0.123. The predicted molar refractivity (Wildman–Crippen MR) is 106 cm³/mol. The van der Waals surface area contributed by atoms with Gasteiger partial charge < -0.3 is 21.3 Å². The van der Waals surface area contributed by atoms with Gasteiger partial charge in [-0.15, -0.1) is 0 Å². The Morgan fingerprint density at radius 1 is 1.33 bits per heavy atom. The largest absolute Gasteiger partial charge is 0.392 e. The van der Waals surface area contributed by atoms with E-state index < -0.39 is 18.1 Å². The number of amides is 1. The summed E-state index contributed by atoms with van der Waals surface area (Å²) in [7, 11) is 0. The lowest BCUT2D eigenvalue weighted by Crippen LogP contribution is -2.51. The Balaban J connectivity index is 1.75. The van der Waals surface area contributed by atoms with E-state index in [1.165, 1.54) is 0 Å². The topological polar surface area (TPSA) is 95.6 Å². The van der Waals surface area contributed by atoms with Gasteiger partial charge in [-0.05, 0) is 30.7 Å². The van der Waals surface area contributed by atoms with Crippen LogP contribution >= 0.6 is 0 Å². The van der Waals surface area contributed by atoms with Gasteiger partial charge in [0.05, 0.1) is 18.2 Å². The minimum atomic E-state index is -0.723. The molecule has 146 valence electrons. The van der Waals surface area contributed by atoms with E-state index in [0.717, 1.165) is 5.56 Å². The Kier molecular flexibility index (Phi) is 6.15. The number of hydrogen-bond donors (Lipinski definition) is 4. The van der Waals surface area contributed by atoms with Crippen LogP contribution in [0.3, 0.4) is 0 Å². The van der Waals surface area contributed by atoms with Crippen LogP contribution < -0.4 is 11.1 Å². The zero-order valence-electron chi connectivity index (χ0n) is 15.8. The van der Waals surface area contributed by atoms with E-state index in [1.54, 1.807) is 0 Å². The van der Waals surface area contributed by atoms with Crippen molar-refractivity contribution in [1.82, 2.24) is 5.32 Å². The first-order valence-corrected chi connectivity index (χ1v) is 9.70. The van der Waals surface area contributed by atoms with Crippen molar-refractivity contribution < 1.29 is 15.0 Å². The van der Waals surface area contributed by atoms with Crippen LogP contribution in [-0.4, -0.2) is 40.9 Å². The van der Waals surface area contributed by atoms with Gasteiger partial charge in [-0.25, -0.2) is 0 Å². The van der Waals surface area contributed by atoms with Crippen molar-refractivity contribution in [1.29, 1.82) is 0 Å². The Morgan fingerprint density at radius 2 is 2.07 bits per heavy atom. The molecule has 1 aromatic carbocycles. The average molecular weight is 370 g/mol. The molecule has 0 aromatic heterocycles. The lowest BCUT2D eigenvalue weighted by atomic mass is 9.74. The molecule has 27 heavy (non-hydrogen) atoms. The van der Waals surface area contributed by atoms with Crippen LogP contribution in [0.15, 0.2) is 54.6 Å². The molecule has 1 amide bonds. The summed E-state index contributed by atoms with van der Waals surface area (Å²) in [6.45, 7) is 2.21. The molecule has 2 aliphatic carbocycles. The molecule has 6 atom stereocenters. The fraction of sp³-hybridized carbons (Fsp3) is 0.500. The van der Waals surface area contributed by atoms with E-state index in [9.17, 15) is 15.0 Å². The monoisotopic (exact) mass is 370 g/mol. The average Bonchev–Trinajstić information content (AvgIpc) is 2.92. The van der Waals surface area contributed by atoms with Gasteiger partial charge in [-0.3, -0.25) is 4.79 Å². The number of hydrogen-bond acceptors (Lipinski definition) is 4. The van der Waals surface area contributed by atoms with Crippen LogP contribution in [0.5, 0.6) is 0 Å². The summed E-state index contributed by atoms with van der Waals surface area (Å²) in [5, 5.41) is 23.7. The summed E-state index contributed by atoms with van der Waals surface area (Å²) in [6.07, 6.45) is 8.32. The minimum Gasteiger partial charge on any atom is -0.392 e. The van der Waals surface area contributed by atoms with Crippen LogP contribution in [-0.2, 0) is 11.2 Å². The van der Waals surface area contributed by atoms with Gasteiger partial charge in [-0.2, -0.15) is 0 Å². The fourth-order valence-electron chi connectivity index (χ4n) is 4.40. The molecule has 0 radical (unpaired) electrons. The number of rotatable bonds is 7. The van der Waals surface area contributed by atoms with Gasteiger partial charge in [0.25, 0.3) is 0 Å². The highest BCUT2D eigenvalue weighted by Gasteiger charge is 2.50. The van der Waals surface area contributed by atoms with E-state index in [-0.39, 0.29) is 29.8 Å². The van der Waals surface area contributed by atoms with Crippen LogP contribution in [0, 0.1) is 17.3 Å². The molecule has 5 nitrogen and oxygen atoms in total. The number of aliphatic hydroxyl groups is 2. The summed E-state index contributed by atoms with van der Waals surface area (Å²) in [4.78, 5) is 13.1. The highest BCUT2D eigenvalue weighted by atomic mass is 16.3. The molecule has 2 unspecified atom stereocenters. The normalized spacial score (nSPS) is 31.3. The van der Waals surface area contributed by atoms with E-state index in [0.29, 0.717) is 19.3 Å². The van der Waals surface area contributed by atoms with Gasteiger partial charge in [-0.1, -0.05) is 61.6 Å². The van der Waals surface area contributed by atoms with Crippen LogP contribution in [0.25, 0.3) is 0 Å².